The molecule has 0 radical (unpaired) electrons. The lowest BCUT2D eigenvalue weighted by atomic mass is 10.1. The van der Waals surface area contributed by atoms with Gasteiger partial charge in [-0.3, -0.25) is 4.79 Å². The van der Waals surface area contributed by atoms with Crippen LogP contribution in [0, 0.1) is 13.8 Å². The highest BCUT2D eigenvalue weighted by Crippen LogP contribution is 2.25. The Morgan fingerprint density at radius 2 is 1.85 bits per heavy atom. The Kier molecular flexibility index (Phi) is 5.37. The van der Waals surface area contributed by atoms with Crippen LogP contribution in [0.25, 0.3) is 5.82 Å². The van der Waals surface area contributed by atoms with Gasteiger partial charge in [-0.2, -0.15) is 5.10 Å². The number of benzene rings is 1. The smallest absolute Gasteiger partial charge is 0.175 e. The van der Waals surface area contributed by atoms with E-state index in [9.17, 15) is 4.79 Å². The molecule has 0 aliphatic heterocycles. The van der Waals surface area contributed by atoms with Gasteiger partial charge in [-0.1, -0.05) is 11.8 Å². The zero-order valence-electron chi connectivity index (χ0n) is 15.1. The third-order valence-electron chi connectivity index (χ3n) is 3.89. The highest BCUT2D eigenvalue weighted by atomic mass is 32.2. The molecule has 0 aliphatic rings. The molecule has 2 aromatic heterocycles. The maximum atomic E-state index is 12.6. The SMILES string of the molecule is COc1ccc(C(=O)[C@@H](C)Sc2ccc(-n3nc(C)cc3C)nn2)cc1. The first-order valence-corrected chi connectivity index (χ1v) is 9.08. The van der Waals surface area contributed by atoms with Crippen molar-refractivity contribution in [2.75, 3.05) is 7.11 Å². The summed E-state index contributed by atoms with van der Waals surface area (Å²) in [4.78, 5) is 12.6. The van der Waals surface area contributed by atoms with Gasteiger partial charge in [-0.25, -0.2) is 4.68 Å². The Morgan fingerprint density at radius 3 is 2.38 bits per heavy atom. The lowest BCUT2D eigenvalue weighted by Crippen LogP contribution is -2.14. The number of nitrogens with zero attached hydrogens (tertiary/aromatic N) is 4. The second-order valence-electron chi connectivity index (χ2n) is 5.92. The van der Waals surface area contributed by atoms with Crippen molar-refractivity contribution in [2.24, 2.45) is 0 Å². The van der Waals surface area contributed by atoms with Gasteiger partial charge < -0.3 is 4.74 Å². The van der Waals surface area contributed by atoms with Crippen molar-refractivity contribution < 1.29 is 9.53 Å². The minimum Gasteiger partial charge on any atom is -0.497 e. The Hall–Kier alpha value is -2.67. The van der Waals surface area contributed by atoms with Crippen LogP contribution in [0.3, 0.4) is 0 Å². The zero-order chi connectivity index (χ0) is 18.7. The Morgan fingerprint density at radius 1 is 1.12 bits per heavy atom. The van der Waals surface area contributed by atoms with Crippen LogP contribution in [0.15, 0.2) is 47.5 Å². The topological polar surface area (TPSA) is 69.9 Å². The summed E-state index contributed by atoms with van der Waals surface area (Å²) in [6.45, 7) is 5.78. The normalized spacial score (nSPS) is 12.0. The van der Waals surface area contributed by atoms with Crippen molar-refractivity contribution in [3.8, 4) is 11.6 Å². The molecule has 7 heteroatoms. The third kappa shape index (κ3) is 3.94. The Labute approximate surface area is 156 Å². The van der Waals surface area contributed by atoms with Gasteiger partial charge in [0.2, 0.25) is 0 Å². The fourth-order valence-corrected chi connectivity index (χ4v) is 3.41. The van der Waals surface area contributed by atoms with Crippen molar-refractivity contribution in [3.63, 3.8) is 0 Å². The quantitative estimate of drug-likeness (QED) is 0.489. The van der Waals surface area contributed by atoms with Crippen LogP contribution in [0.4, 0.5) is 0 Å². The molecule has 3 aromatic rings. The van der Waals surface area contributed by atoms with Crippen LogP contribution >= 0.6 is 11.8 Å². The molecule has 1 atom stereocenters. The average Bonchev–Trinajstić information content (AvgIpc) is 3.00. The van der Waals surface area contributed by atoms with Crippen LogP contribution in [0.2, 0.25) is 0 Å². The van der Waals surface area contributed by atoms with Crippen LogP contribution in [-0.2, 0) is 0 Å². The van der Waals surface area contributed by atoms with Gasteiger partial charge >= 0.3 is 0 Å². The van der Waals surface area contributed by atoms with Crippen LogP contribution < -0.4 is 4.74 Å². The molecule has 3 rings (SSSR count). The average molecular weight is 368 g/mol. The fraction of sp³-hybridized carbons (Fsp3) is 0.263. The minimum atomic E-state index is -0.266. The molecule has 0 amide bonds. The number of aryl methyl sites for hydroxylation is 2. The van der Waals surface area contributed by atoms with Gasteiger partial charge in [0.1, 0.15) is 10.8 Å². The summed E-state index contributed by atoms with van der Waals surface area (Å²) in [6.07, 6.45) is 0. The number of hydrogen-bond acceptors (Lipinski definition) is 6. The molecule has 2 heterocycles. The first kappa shape index (κ1) is 18.1. The molecule has 6 nitrogen and oxygen atoms in total. The molecular formula is C19H20N4O2S. The third-order valence-corrected chi connectivity index (χ3v) is 4.92. The highest BCUT2D eigenvalue weighted by Gasteiger charge is 2.17. The first-order valence-electron chi connectivity index (χ1n) is 8.20. The number of ether oxygens (including phenoxy) is 1. The summed E-state index contributed by atoms with van der Waals surface area (Å²) in [7, 11) is 1.60. The molecule has 0 fully saturated rings. The predicted octanol–water partition coefficient (Wildman–Crippen LogP) is 3.65. The molecule has 0 saturated heterocycles. The van der Waals surface area contributed by atoms with Gasteiger partial charge in [-0.05, 0) is 63.2 Å². The van der Waals surface area contributed by atoms with E-state index in [1.54, 1.807) is 36.1 Å². The Bertz CT molecular complexity index is 904. The molecule has 0 spiro atoms. The van der Waals surface area contributed by atoms with Crippen molar-refractivity contribution >= 4 is 17.5 Å². The van der Waals surface area contributed by atoms with Crippen molar-refractivity contribution in [3.05, 3.63) is 59.4 Å². The summed E-state index contributed by atoms with van der Waals surface area (Å²) in [5.41, 5.74) is 2.58. The first-order chi connectivity index (χ1) is 12.5. The number of ketones is 1. The number of carbonyl (C=O) groups is 1. The number of aromatic nitrogens is 4. The molecule has 0 unspecified atom stereocenters. The molecule has 0 aliphatic carbocycles. The van der Waals surface area contributed by atoms with Gasteiger partial charge in [0, 0.05) is 11.3 Å². The standard InChI is InChI=1S/C19H20N4O2S/c1-12-11-13(2)23(22-12)17-9-10-18(21-20-17)26-14(3)19(24)15-5-7-16(25-4)8-6-15/h5-11,14H,1-4H3/t14-/m1/s1. The summed E-state index contributed by atoms with van der Waals surface area (Å²) >= 11 is 1.39. The number of hydrogen-bond donors (Lipinski definition) is 0. The number of rotatable bonds is 6. The van der Waals surface area contributed by atoms with E-state index in [2.05, 4.69) is 15.3 Å². The van der Waals surface area contributed by atoms with Crippen LogP contribution in [0.5, 0.6) is 5.75 Å². The Balaban J connectivity index is 1.69. The summed E-state index contributed by atoms with van der Waals surface area (Å²) in [6, 6.07) is 12.8. The van der Waals surface area contributed by atoms with E-state index in [1.165, 1.54) is 11.8 Å². The predicted molar refractivity (Wildman–Crippen MR) is 101 cm³/mol. The largest absolute Gasteiger partial charge is 0.497 e. The monoisotopic (exact) mass is 368 g/mol. The van der Waals surface area contributed by atoms with E-state index in [1.807, 2.05) is 39.0 Å². The molecule has 0 bridgehead atoms. The van der Waals surface area contributed by atoms with Crippen LogP contribution in [0.1, 0.15) is 28.7 Å². The number of thioether (sulfide) groups is 1. The van der Waals surface area contributed by atoms with Crippen molar-refractivity contribution in [2.45, 2.75) is 31.0 Å². The minimum absolute atomic E-state index is 0.0436. The number of methoxy groups -OCH3 is 1. The second kappa shape index (κ2) is 7.70. The van der Waals surface area contributed by atoms with E-state index in [0.29, 0.717) is 16.4 Å². The van der Waals surface area contributed by atoms with Gasteiger partial charge in [-0.15, -0.1) is 10.2 Å². The molecule has 1 aromatic carbocycles. The summed E-state index contributed by atoms with van der Waals surface area (Å²) in [5.74, 6) is 1.43. The van der Waals surface area contributed by atoms with E-state index >= 15 is 0 Å². The maximum Gasteiger partial charge on any atom is 0.175 e. The molecule has 0 saturated carbocycles. The molecule has 26 heavy (non-hydrogen) atoms. The lowest BCUT2D eigenvalue weighted by molar-refractivity contribution is 0.0994. The van der Waals surface area contributed by atoms with Gasteiger partial charge in [0.15, 0.2) is 11.6 Å². The summed E-state index contributed by atoms with van der Waals surface area (Å²) in [5, 5.41) is 13.3. The number of Topliss-reactive ketones (excluding diaryl/α,β-unsaturated/α-hetero) is 1. The maximum absolute atomic E-state index is 12.6. The van der Waals surface area contributed by atoms with E-state index in [-0.39, 0.29) is 11.0 Å². The van der Waals surface area contributed by atoms with Crippen molar-refractivity contribution in [1.82, 2.24) is 20.0 Å². The molecule has 0 N–H and O–H groups in total. The molecular weight excluding hydrogens is 348 g/mol. The number of carbonyl (C=O) groups excluding carboxylic acids is 1. The zero-order valence-corrected chi connectivity index (χ0v) is 15.9. The summed E-state index contributed by atoms with van der Waals surface area (Å²) < 4.78 is 6.87. The van der Waals surface area contributed by atoms with E-state index < -0.39 is 0 Å². The van der Waals surface area contributed by atoms with Gasteiger partial charge in [0.05, 0.1) is 18.1 Å². The second-order valence-corrected chi connectivity index (χ2v) is 7.28. The highest BCUT2D eigenvalue weighted by molar-refractivity contribution is 8.00. The van der Waals surface area contributed by atoms with E-state index in [0.717, 1.165) is 17.1 Å². The molecule has 134 valence electrons. The van der Waals surface area contributed by atoms with Gasteiger partial charge in [0.25, 0.3) is 0 Å². The lowest BCUT2D eigenvalue weighted by Gasteiger charge is -2.10. The van der Waals surface area contributed by atoms with Crippen LogP contribution in [-0.4, -0.2) is 38.1 Å². The van der Waals surface area contributed by atoms with Crippen molar-refractivity contribution in [1.29, 1.82) is 0 Å². The fourth-order valence-electron chi connectivity index (χ4n) is 2.57. The van der Waals surface area contributed by atoms with E-state index in [4.69, 9.17) is 4.74 Å².